The van der Waals surface area contributed by atoms with Gasteiger partial charge in [-0.2, -0.15) is 0 Å². The van der Waals surface area contributed by atoms with Crippen LogP contribution >= 0.6 is 0 Å². The predicted molar refractivity (Wildman–Crippen MR) is 72.8 cm³/mol. The maximum absolute atomic E-state index is 4.02. The van der Waals surface area contributed by atoms with E-state index >= 15 is 0 Å². The molecule has 1 nitrogen and oxygen atoms in total. The maximum Gasteiger partial charge on any atom is 0.0408 e. The van der Waals surface area contributed by atoms with Crippen molar-refractivity contribution < 1.29 is 0 Å². The van der Waals surface area contributed by atoms with Crippen molar-refractivity contribution in [3.63, 3.8) is 0 Å². The molecule has 0 bridgehead atoms. The number of hydrogen-bond donors (Lipinski definition) is 0. The third kappa shape index (κ3) is 3.27. The van der Waals surface area contributed by atoms with Crippen LogP contribution in [0.5, 0.6) is 0 Å². The van der Waals surface area contributed by atoms with E-state index in [1.807, 2.05) is 26.1 Å². The van der Waals surface area contributed by atoms with E-state index in [2.05, 4.69) is 42.7 Å². The average Bonchev–Trinajstić information content (AvgIpc) is 2.30. The molecule has 0 aliphatic carbocycles. The van der Waals surface area contributed by atoms with Crippen LogP contribution in [0.3, 0.4) is 0 Å². The Kier molecular flexibility index (Phi) is 4.84. The Labute approximate surface area is 99.1 Å². The van der Waals surface area contributed by atoms with Crippen LogP contribution in [0.4, 0.5) is 5.69 Å². The molecule has 86 valence electrons. The SMILES string of the molecule is C=C(/C=C\C)N(C)c1ccc(CCC)cc1. The summed E-state index contributed by atoms with van der Waals surface area (Å²) in [5.41, 5.74) is 3.59. The number of aryl methyl sites for hydroxylation is 1. The van der Waals surface area contributed by atoms with E-state index in [1.54, 1.807) is 0 Å². The third-order valence-electron chi connectivity index (χ3n) is 2.65. The second kappa shape index (κ2) is 6.16. The molecule has 0 amide bonds. The monoisotopic (exact) mass is 215 g/mol. The zero-order chi connectivity index (χ0) is 12.0. The van der Waals surface area contributed by atoms with Crippen molar-refractivity contribution >= 4 is 5.69 Å². The quantitative estimate of drug-likeness (QED) is 0.666. The molecule has 0 aliphatic heterocycles. The van der Waals surface area contributed by atoms with Gasteiger partial charge in [-0.05, 0) is 37.1 Å². The molecule has 0 N–H and O–H groups in total. The Morgan fingerprint density at radius 1 is 1.31 bits per heavy atom. The Bertz CT molecular complexity index is 360. The van der Waals surface area contributed by atoms with Crippen molar-refractivity contribution in [3.05, 3.63) is 54.3 Å². The molecule has 0 fully saturated rings. The van der Waals surface area contributed by atoms with Gasteiger partial charge in [0.25, 0.3) is 0 Å². The van der Waals surface area contributed by atoms with E-state index in [-0.39, 0.29) is 0 Å². The van der Waals surface area contributed by atoms with E-state index in [1.165, 1.54) is 17.7 Å². The van der Waals surface area contributed by atoms with Gasteiger partial charge in [-0.1, -0.05) is 38.1 Å². The second-order valence-electron chi connectivity index (χ2n) is 3.97. The van der Waals surface area contributed by atoms with Crippen LogP contribution in [0.2, 0.25) is 0 Å². The number of allylic oxidation sites excluding steroid dienone is 2. The summed E-state index contributed by atoms with van der Waals surface area (Å²) in [5.74, 6) is 0. The zero-order valence-electron chi connectivity index (χ0n) is 10.5. The minimum Gasteiger partial charge on any atom is -0.345 e. The number of likely N-dealkylation sites (N-methyl/N-ethyl adjacent to an activating group) is 1. The van der Waals surface area contributed by atoms with E-state index < -0.39 is 0 Å². The summed E-state index contributed by atoms with van der Waals surface area (Å²) in [6.45, 7) is 8.22. The van der Waals surface area contributed by atoms with E-state index in [9.17, 15) is 0 Å². The summed E-state index contributed by atoms with van der Waals surface area (Å²) < 4.78 is 0. The summed E-state index contributed by atoms with van der Waals surface area (Å²) >= 11 is 0. The average molecular weight is 215 g/mol. The maximum atomic E-state index is 4.02. The van der Waals surface area contributed by atoms with Gasteiger partial charge in [-0.15, -0.1) is 0 Å². The van der Waals surface area contributed by atoms with Gasteiger partial charge < -0.3 is 4.90 Å². The number of anilines is 1. The summed E-state index contributed by atoms with van der Waals surface area (Å²) in [5, 5.41) is 0. The lowest BCUT2D eigenvalue weighted by Crippen LogP contribution is -2.13. The summed E-state index contributed by atoms with van der Waals surface area (Å²) in [6, 6.07) is 8.69. The van der Waals surface area contributed by atoms with Gasteiger partial charge in [-0.3, -0.25) is 0 Å². The highest BCUT2D eigenvalue weighted by Crippen LogP contribution is 2.18. The molecule has 0 unspecified atom stereocenters. The smallest absolute Gasteiger partial charge is 0.0408 e. The molecule has 0 spiro atoms. The van der Waals surface area contributed by atoms with Crippen molar-refractivity contribution in [2.75, 3.05) is 11.9 Å². The Morgan fingerprint density at radius 3 is 2.44 bits per heavy atom. The third-order valence-corrected chi connectivity index (χ3v) is 2.65. The normalized spacial score (nSPS) is 10.7. The molecule has 1 aromatic carbocycles. The van der Waals surface area contributed by atoms with E-state index in [0.717, 1.165) is 12.1 Å². The highest BCUT2D eigenvalue weighted by molar-refractivity contribution is 5.53. The topological polar surface area (TPSA) is 3.24 Å². The minimum absolute atomic E-state index is 1.01. The molecule has 0 atom stereocenters. The molecule has 0 saturated heterocycles. The molecular weight excluding hydrogens is 194 g/mol. The molecule has 1 aromatic rings. The fourth-order valence-electron chi connectivity index (χ4n) is 1.64. The van der Waals surface area contributed by atoms with Crippen molar-refractivity contribution in [2.45, 2.75) is 26.7 Å². The van der Waals surface area contributed by atoms with Crippen LogP contribution in [0.15, 0.2) is 48.7 Å². The molecule has 1 rings (SSSR count). The first kappa shape index (κ1) is 12.6. The summed E-state index contributed by atoms with van der Waals surface area (Å²) in [4.78, 5) is 2.09. The predicted octanol–water partition coefficient (Wildman–Crippen LogP) is 4.17. The number of rotatable bonds is 5. The second-order valence-corrected chi connectivity index (χ2v) is 3.97. The Morgan fingerprint density at radius 2 is 1.94 bits per heavy atom. The zero-order valence-corrected chi connectivity index (χ0v) is 10.5. The van der Waals surface area contributed by atoms with Crippen molar-refractivity contribution in [2.24, 2.45) is 0 Å². The van der Waals surface area contributed by atoms with Crippen molar-refractivity contribution in [3.8, 4) is 0 Å². The summed E-state index contributed by atoms with van der Waals surface area (Å²) in [6.07, 6.45) is 6.37. The number of hydrogen-bond acceptors (Lipinski definition) is 1. The van der Waals surface area contributed by atoms with Gasteiger partial charge >= 0.3 is 0 Å². The van der Waals surface area contributed by atoms with Crippen LogP contribution in [0, 0.1) is 0 Å². The molecule has 16 heavy (non-hydrogen) atoms. The first-order valence-corrected chi connectivity index (χ1v) is 5.83. The van der Waals surface area contributed by atoms with Gasteiger partial charge in [0, 0.05) is 18.4 Å². The first-order valence-electron chi connectivity index (χ1n) is 5.83. The molecule has 1 heteroatoms. The first-order chi connectivity index (χ1) is 7.69. The van der Waals surface area contributed by atoms with Crippen LogP contribution in [-0.4, -0.2) is 7.05 Å². The standard InChI is InChI=1S/C15H21N/c1-5-7-13(3)16(4)15-11-9-14(8-6-2)10-12-15/h5,7,9-12H,3,6,8H2,1-2,4H3/b7-5-. The lowest BCUT2D eigenvalue weighted by atomic mass is 10.1. The molecule has 0 aromatic heterocycles. The highest BCUT2D eigenvalue weighted by Gasteiger charge is 2.01. The molecule has 0 heterocycles. The van der Waals surface area contributed by atoms with Crippen molar-refractivity contribution in [1.29, 1.82) is 0 Å². The van der Waals surface area contributed by atoms with E-state index in [4.69, 9.17) is 0 Å². The molecule has 0 radical (unpaired) electrons. The van der Waals surface area contributed by atoms with Gasteiger partial charge in [0.15, 0.2) is 0 Å². The lowest BCUT2D eigenvalue weighted by Gasteiger charge is -2.19. The molecular formula is C15H21N. The molecule has 0 aliphatic rings. The van der Waals surface area contributed by atoms with Crippen molar-refractivity contribution in [1.82, 2.24) is 0 Å². The van der Waals surface area contributed by atoms with Gasteiger partial charge in [0.05, 0.1) is 0 Å². The van der Waals surface area contributed by atoms with Crippen LogP contribution in [0.1, 0.15) is 25.8 Å². The minimum atomic E-state index is 1.01. The largest absolute Gasteiger partial charge is 0.345 e. The highest BCUT2D eigenvalue weighted by atomic mass is 15.1. The number of benzene rings is 1. The van der Waals surface area contributed by atoms with E-state index in [0.29, 0.717) is 0 Å². The van der Waals surface area contributed by atoms with Gasteiger partial charge in [-0.25, -0.2) is 0 Å². The fraction of sp³-hybridized carbons (Fsp3) is 0.333. The Balaban J connectivity index is 2.77. The van der Waals surface area contributed by atoms with Gasteiger partial charge in [0.1, 0.15) is 0 Å². The fourth-order valence-corrected chi connectivity index (χ4v) is 1.64. The van der Waals surface area contributed by atoms with Crippen LogP contribution < -0.4 is 4.90 Å². The summed E-state index contributed by atoms with van der Waals surface area (Å²) in [7, 11) is 2.04. The van der Waals surface area contributed by atoms with Crippen LogP contribution in [-0.2, 0) is 6.42 Å². The lowest BCUT2D eigenvalue weighted by molar-refractivity contribution is 0.921. The van der Waals surface area contributed by atoms with Gasteiger partial charge in [0.2, 0.25) is 0 Å². The number of nitrogens with zero attached hydrogens (tertiary/aromatic N) is 1. The van der Waals surface area contributed by atoms with Crippen LogP contribution in [0.25, 0.3) is 0 Å². The molecule has 0 saturated carbocycles. The Hall–Kier alpha value is -1.50.